The number of hydrogen-bond donors (Lipinski definition) is 0. The summed E-state index contributed by atoms with van der Waals surface area (Å²) in [5.74, 6) is 1.19. The molecular weight excluding hydrogens is 472 g/mol. The number of carbonyl (C=O) groups excluding carboxylic acids is 1. The lowest BCUT2D eigenvalue weighted by Gasteiger charge is -2.27. The molecule has 1 aromatic carbocycles. The number of rotatable bonds is 15. The Labute approximate surface area is 208 Å². The topological polar surface area (TPSA) is 76.2 Å². The maximum Gasteiger partial charge on any atom is 0.238 e. The molecular formula is C25H38N2O5S2. The maximum atomic E-state index is 13.4. The fraction of sp³-hybridized carbons (Fsp3) is 0.560. The number of hydrogen-bond acceptors (Lipinski definition) is 6. The molecule has 0 atom stereocenters. The highest BCUT2D eigenvalue weighted by Crippen LogP contribution is 2.28. The first-order valence-corrected chi connectivity index (χ1v) is 14.2. The Kier molecular flexibility index (Phi) is 11.3. The number of nitrogens with zero attached hydrogens (tertiary/aromatic N) is 2. The molecule has 7 nitrogen and oxygen atoms in total. The molecule has 0 fully saturated rings. The highest BCUT2D eigenvalue weighted by molar-refractivity contribution is 7.89. The Balaban J connectivity index is 2.21. The van der Waals surface area contributed by atoms with E-state index in [1.807, 2.05) is 50.4 Å². The van der Waals surface area contributed by atoms with Gasteiger partial charge in [-0.05, 0) is 60.9 Å². The SMILES string of the molecule is CCCCS(=O)(=O)N(CCC)CC(=O)N(CCc1ccc(OC)c(OC)c1)Cc1sccc1C. The van der Waals surface area contributed by atoms with Crippen molar-refractivity contribution < 1.29 is 22.7 Å². The monoisotopic (exact) mass is 510 g/mol. The van der Waals surface area contributed by atoms with Gasteiger partial charge in [-0.2, -0.15) is 4.31 Å². The number of sulfonamides is 1. The molecule has 0 bridgehead atoms. The van der Waals surface area contributed by atoms with Gasteiger partial charge in [0.2, 0.25) is 15.9 Å². The molecule has 0 saturated carbocycles. The van der Waals surface area contributed by atoms with Gasteiger partial charge in [0.1, 0.15) is 0 Å². The molecule has 0 saturated heterocycles. The number of amides is 1. The van der Waals surface area contributed by atoms with Gasteiger partial charge in [0.15, 0.2) is 11.5 Å². The molecule has 0 aliphatic rings. The van der Waals surface area contributed by atoms with E-state index in [1.54, 1.807) is 30.5 Å². The van der Waals surface area contributed by atoms with E-state index in [1.165, 1.54) is 4.31 Å². The average Bonchev–Trinajstić information content (AvgIpc) is 3.23. The van der Waals surface area contributed by atoms with Crippen molar-refractivity contribution in [1.82, 2.24) is 9.21 Å². The van der Waals surface area contributed by atoms with Gasteiger partial charge in [-0.3, -0.25) is 4.79 Å². The normalized spacial score (nSPS) is 11.6. The molecule has 0 spiro atoms. The largest absolute Gasteiger partial charge is 0.493 e. The molecule has 0 N–H and O–H groups in total. The summed E-state index contributed by atoms with van der Waals surface area (Å²) in [5, 5.41) is 2.01. The van der Waals surface area contributed by atoms with Crippen LogP contribution in [0.4, 0.5) is 0 Å². The number of unbranched alkanes of at least 4 members (excludes halogenated alkanes) is 1. The third-order valence-corrected chi connectivity index (χ3v) is 8.62. The van der Waals surface area contributed by atoms with E-state index in [0.29, 0.717) is 50.4 Å². The predicted octanol–water partition coefficient (Wildman–Crippen LogP) is 4.49. The van der Waals surface area contributed by atoms with Crippen LogP contribution in [0.2, 0.25) is 0 Å². The summed E-state index contributed by atoms with van der Waals surface area (Å²) in [6.45, 7) is 7.07. The minimum atomic E-state index is -3.47. The zero-order valence-electron chi connectivity index (χ0n) is 21.0. The van der Waals surface area contributed by atoms with Crippen molar-refractivity contribution in [1.29, 1.82) is 0 Å². The molecule has 2 rings (SSSR count). The molecule has 1 heterocycles. The molecule has 1 aromatic heterocycles. The van der Waals surface area contributed by atoms with Crippen LogP contribution in [0, 0.1) is 6.92 Å². The number of thiophene rings is 1. The first-order chi connectivity index (χ1) is 16.2. The number of methoxy groups -OCH3 is 2. The van der Waals surface area contributed by atoms with Crippen LogP contribution < -0.4 is 9.47 Å². The standard InChI is InChI=1S/C25H38N2O5S2/c1-6-8-16-34(29,30)27(13-7-2)19-25(28)26(18-24-20(3)12-15-33-24)14-11-21-9-10-22(31-4)23(17-21)32-5/h9-10,12,15,17H,6-8,11,13-14,16,18-19H2,1-5H3. The molecule has 190 valence electrons. The van der Waals surface area contributed by atoms with Crippen LogP contribution in [-0.2, 0) is 27.8 Å². The minimum Gasteiger partial charge on any atom is -0.493 e. The van der Waals surface area contributed by atoms with Crippen molar-refractivity contribution in [3.63, 3.8) is 0 Å². The minimum absolute atomic E-state index is 0.0758. The average molecular weight is 511 g/mol. The van der Waals surface area contributed by atoms with Gasteiger partial charge in [0, 0.05) is 18.0 Å². The van der Waals surface area contributed by atoms with E-state index in [0.717, 1.165) is 22.4 Å². The number of benzene rings is 1. The van der Waals surface area contributed by atoms with E-state index in [9.17, 15) is 13.2 Å². The van der Waals surface area contributed by atoms with E-state index in [4.69, 9.17) is 9.47 Å². The summed E-state index contributed by atoms with van der Waals surface area (Å²) in [4.78, 5) is 16.3. The molecule has 9 heteroatoms. The zero-order chi connectivity index (χ0) is 25.1. The lowest BCUT2D eigenvalue weighted by molar-refractivity contribution is -0.132. The van der Waals surface area contributed by atoms with E-state index >= 15 is 0 Å². The number of aryl methyl sites for hydroxylation is 1. The van der Waals surface area contributed by atoms with E-state index in [-0.39, 0.29) is 18.2 Å². The molecule has 0 aliphatic heterocycles. The molecule has 2 aromatic rings. The fourth-order valence-corrected chi connectivity index (χ4v) is 6.20. The Morgan fingerprint density at radius 1 is 1.03 bits per heavy atom. The predicted molar refractivity (Wildman–Crippen MR) is 138 cm³/mol. The summed E-state index contributed by atoms with van der Waals surface area (Å²) in [6, 6.07) is 7.76. The summed E-state index contributed by atoms with van der Waals surface area (Å²) < 4.78 is 37.8. The lowest BCUT2D eigenvalue weighted by atomic mass is 10.1. The van der Waals surface area contributed by atoms with Crippen LogP contribution in [-0.4, -0.2) is 63.1 Å². The Hall–Kier alpha value is -2.10. The molecule has 0 unspecified atom stereocenters. The zero-order valence-corrected chi connectivity index (χ0v) is 22.6. The summed E-state index contributed by atoms with van der Waals surface area (Å²) >= 11 is 1.61. The molecule has 1 amide bonds. The molecule has 0 aliphatic carbocycles. The molecule has 34 heavy (non-hydrogen) atoms. The summed E-state index contributed by atoms with van der Waals surface area (Å²) in [6.07, 6.45) is 2.66. The number of carbonyl (C=O) groups is 1. The highest BCUT2D eigenvalue weighted by atomic mass is 32.2. The van der Waals surface area contributed by atoms with E-state index < -0.39 is 10.0 Å². The number of ether oxygens (including phenoxy) is 2. The Morgan fingerprint density at radius 3 is 2.35 bits per heavy atom. The van der Waals surface area contributed by atoms with Gasteiger partial charge in [0.05, 0.1) is 33.1 Å². The van der Waals surface area contributed by atoms with Crippen LogP contribution in [0.3, 0.4) is 0 Å². The van der Waals surface area contributed by atoms with Crippen LogP contribution in [0.25, 0.3) is 0 Å². The molecule has 0 radical (unpaired) electrons. The Bertz CT molecular complexity index is 1020. The second-order valence-corrected chi connectivity index (χ2v) is 11.4. The third kappa shape index (κ3) is 7.99. The summed E-state index contributed by atoms with van der Waals surface area (Å²) in [5.41, 5.74) is 2.15. The smallest absolute Gasteiger partial charge is 0.238 e. The van der Waals surface area contributed by atoms with Crippen LogP contribution in [0.15, 0.2) is 29.6 Å². The first-order valence-electron chi connectivity index (χ1n) is 11.7. The third-order valence-electron chi connectivity index (χ3n) is 5.71. The van der Waals surface area contributed by atoms with Gasteiger partial charge in [0.25, 0.3) is 0 Å². The van der Waals surface area contributed by atoms with Crippen LogP contribution in [0.1, 0.15) is 49.1 Å². The van der Waals surface area contributed by atoms with Crippen molar-refractivity contribution in [2.75, 3.05) is 39.6 Å². The van der Waals surface area contributed by atoms with Crippen molar-refractivity contribution in [3.05, 3.63) is 45.6 Å². The van der Waals surface area contributed by atoms with Crippen LogP contribution in [0.5, 0.6) is 11.5 Å². The second kappa shape index (κ2) is 13.7. The van der Waals surface area contributed by atoms with Gasteiger partial charge in [-0.25, -0.2) is 8.42 Å². The van der Waals surface area contributed by atoms with Crippen molar-refractivity contribution in [2.24, 2.45) is 0 Å². The van der Waals surface area contributed by atoms with Crippen molar-refractivity contribution in [2.45, 2.75) is 53.0 Å². The van der Waals surface area contributed by atoms with Crippen molar-refractivity contribution >= 4 is 27.3 Å². The quantitative estimate of drug-likeness (QED) is 0.353. The van der Waals surface area contributed by atoms with E-state index in [2.05, 4.69) is 0 Å². The van der Waals surface area contributed by atoms with Gasteiger partial charge >= 0.3 is 0 Å². The highest BCUT2D eigenvalue weighted by Gasteiger charge is 2.26. The lowest BCUT2D eigenvalue weighted by Crippen LogP contribution is -2.44. The van der Waals surface area contributed by atoms with Gasteiger partial charge in [-0.1, -0.05) is 26.3 Å². The fourth-order valence-electron chi connectivity index (χ4n) is 3.60. The van der Waals surface area contributed by atoms with Gasteiger partial charge in [-0.15, -0.1) is 11.3 Å². The van der Waals surface area contributed by atoms with Crippen LogP contribution >= 0.6 is 11.3 Å². The van der Waals surface area contributed by atoms with Crippen molar-refractivity contribution in [3.8, 4) is 11.5 Å². The second-order valence-electron chi connectivity index (χ2n) is 8.28. The maximum absolute atomic E-state index is 13.4. The Morgan fingerprint density at radius 2 is 1.76 bits per heavy atom. The first kappa shape index (κ1) is 28.1. The summed E-state index contributed by atoms with van der Waals surface area (Å²) in [7, 11) is -0.281. The van der Waals surface area contributed by atoms with Gasteiger partial charge < -0.3 is 14.4 Å².